The van der Waals surface area contributed by atoms with E-state index in [4.69, 9.17) is 5.11 Å². The van der Waals surface area contributed by atoms with E-state index in [1.807, 2.05) is 0 Å². The molecule has 0 amide bonds. The number of nitrogens with one attached hydrogen (secondary N) is 1. The number of hydrogen-bond donors (Lipinski definition) is 2. The first-order valence-electron chi connectivity index (χ1n) is 3.75. The van der Waals surface area contributed by atoms with E-state index in [0.29, 0.717) is 13.0 Å². The quantitative estimate of drug-likeness (QED) is 0.587. The molecular formula is C6H11NO5S. The van der Waals surface area contributed by atoms with Gasteiger partial charge in [-0.15, -0.1) is 0 Å². The Balaban J connectivity index is 2.86. The summed E-state index contributed by atoms with van der Waals surface area (Å²) in [7, 11) is -3.75. The van der Waals surface area contributed by atoms with Crippen molar-refractivity contribution in [3.05, 3.63) is 0 Å². The Labute approximate surface area is 76.0 Å². The molecule has 13 heavy (non-hydrogen) atoms. The minimum Gasteiger partial charge on any atom is -0.478 e. The highest BCUT2D eigenvalue weighted by Gasteiger charge is 2.45. The summed E-state index contributed by atoms with van der Waals surface area (Å²) < 4.78 is 26.1. The lowest BCUT2D eigenvalue weighted by Crippen LogP contribution is -2.51. The minimum atomic E-state index is -3.75. The maximum Gasteiger partial charge on any atom is 0.352 e. The van der Waals surface area contributed by atoms with Gasteiger partial charge in [-0.2, -0.15) is 8.42 Å². The molecule has 1 aliphatic heterocycles. The molecule has 0 aliphatic carbocycles. The molecule has 7 heteroatoms. The lowest BCUT2D eigenvalue weighted by atomic mass is 10.2. The highest BCUT2D eigenvalue weighted by molar-refractivity contribution is 7.86. The highest BCUT2D eigenvalue weighted by atomic mass is 32.2. The van der Waals surface area contributed by atoms with E-state index in [1.165, 1.54) is 0 Å². The van der Waals surface area contributed by atoms with Crippen molar-refractivity contribution >= 4 is 16.1 Å². The van der Waals surface area contributed by atoms with Crippen LogP contribution in [-0.4, -0.2) is 38.0 Å². The van der Waals surface area contributed by atoms with Crippen LogP contribution in [0, 0.1) is 0 Å². The number of hydrogen-bond acceptors (Lipinski definition) is 5. The van der Waals surface area contributed by atoms with E-state index in [-0.39, 0.29) is 6.42 Å². The predicted molar refractivity (Wildman–Crippen MR) is 43.5 cm³/mol. The van der Waals surface area contributed by atoms with E-state index in [9.17, 15) is 13.2 Å². The molecule has 1 aliphatic rings. The van der Waals surface area contributed by atoms with Gasteiger partial charge < -0.3 is 5.11 Å². The Kier molecular flexibility index (Phi) is 2.60. The lowest BCUT2D eigenvalue weighted by Gasteiger charge is -2.22. The van der Waals surface area contributed by atoms with Gasteiger partial charge in [0.05, 0.1) is 6.26 Å². The molecule has 0 aromatic carbocycles. The van der Waals surface area contributed by atoms with Gasteiger partial charge in [-0.25, -0.2) is 8.98 Å². The molecule has 0 aromatic heterocycles. The Bertz CT molecular complexity index is 303. The van der Waals surface area contributed by atoms with Crippen LogP contribution in [0.2, 0.25) is 0 Å². The first-order valence-corrected chi connectivity index (χ1v) is 5.56. The zero-order chi connectivity index (χ0) is 10.1. The lowest BCUT2D eigenvalue weighted by molar-refractivity contribution is -0.156. The third-order valence-electron chi connectivity index (χ3n) is 1.76. The summed E-state index contributed by atoms with van der Waals surface area (Å²) in [5.74, 6) is -1.30. The van der Waals surface area contributed by atoms with Gasteiger partial charge in [-0.05, 0) is 13.0 Å². The summed E-state index contributed by atoms with van der Waals surface area (Å²) in [6.45, 7) is 0.446. The van der Waals surface area contributed by atoms with Gasteiger partial charge in [-0.3, -0.25) is 5.32 Å². The minimum absolute atomic E-state index is 0.162. The molecule has 1 heterocycles. The van der Waals surface area contributed by atoms with Crippen molar-refractivity contribution in [2.24, 2.45) is 0 Å². The van der Waals surface area contributed by atoms with Crippen LogP contribution in [-0.2, 0) is 19.1 Å². The van der Waals surface area contributed by atoms with Gasteiger partial charge >= 0.3 is 5.97 Å². The second kappa shape index (κ2) is 3.24. The third kappa shape index (κ3) is 2.39. The van der Waals surface area contributed by atoms with Crippen LogP contribution in [0.5, 0.6) is 0 Å². The van der Waals surface area contributed by atoms with Gasteiger partial charge in [0.2, 0.25) is 5.72 Å². The number of aliphatic carboxylic acids is 1. The Morgan fingerprint density at radius 2 is 2.23 bits per heavy atom. The summed E-state index contributed by atoms with van der Waals surface area (Å²) >= 11 is 0. The normalized spacial score (nSPS) is 29.0. The molecule has 0 unspecified atom stereocenters. The van der Waals surface area contributed by atoms with E-state index >= 15 is 0 Å². The topological polar surface area (TPSA) is 92.7 Å². The fourth-order valence-electron chi connectivity index (χ4n) is 1.26. The molecule has 6 nitrogen and oxygen atoms in total. The fourth-order valence-corrected chi connectivity index (χ4v) is 1.99. The van der Waals surface area contributed by atoms with Crippen molar-refractivity contribution in [1.82, 2.24) is 5.32 Å². The van der Waals surface area contributed by atoms with Crippen LogP contribution in [0.1, 0.15) is 12.8 Å². The van der Waals surface area contributed by atoms with Gasteiger partial charge in [0.25, 0.3) is 10.1 Å². The highest BCUT2D eigenvalue weighted by Crippen LogP contribution is 2.22. The average molecular weight is 209 g/mol. The number of carbonyl (C=O) groups is 1. The van der Waals surface area contributed by atoms with Crippen molar-refractivity contribution in [3.8, 4) is 0 Å². The summed E-state index contributed by atoms with van der Waals surface area (Å²) in [5, 5.41) is 11.3. The molecule has 0 radical (unpaired) electrons. The first-order chi connectivity index (χ1) is 5.86. The Morgan fingerprint density at radius 1 is 1.62 bits per heavy atom. The van der Waals surface area contributed by atoms with Crippen molar-refractivity contribution < 1.29 is 22.5 Å². The fraction of sp³-hybridized carbons (Fsp3) is 0.833. The predicted octanol–water partition coefficient (Wildman–Crippen LogP) is -0.873. The number of carboxylic acids is 1. The monoisotopic (exact) mass is 209 g/mol. The van der Waals surface area contributed by atoms with Gasteiger partial charge in [0, 0.05) is 6.42 Å². The molecule has 0 bridgehead atoms. The molecular weight excluding hydrogens is 198 g/mol. The molecule has 76 valence electrons. The zero-order valence-corrected chi connectivity index (χ0v) is 7.93. The van der Waals surface area contributed by atoms with Crippen molar-refractivity contribution in [2.75, 3.05) is 12.8 Å². The van der Waals surface area contributed by atoms with E-state index < -0.39 is 21.8 Å². The van der Waals surface area contributed by atoms with Crippen molar-refractivity contribution in [3.63, 3.8) is 0 Å². The first kappa shape index (κ1) is 10.4. The molecule has 1 saturated heterocycles. The number of carboxylic acid groups (broad SMARTS) is 1. The second-order valence-electron chi connectivity index (χ2n) is 2.95. The standard InChI is InChI=1S/C6H11NO5S/c1-13(10,11)12-6(5(8)9)3-2-4-7-6/h7H,2-4H2,1H3,(H,8,9)/t6-/m1/s1. The van der Waals surface area contributed by atoms with Gasteiger partial charge in [0.1, 0.15) is 0 Å². The molecule has 2 N–H and O–H groups in total. The molecule has 1 rings (SSSR count). The summed E-state index contributed by atoms with van der Waals surface area (Å²) in [4.78, 5) is 10.7. The van der Waals surface area contributed by atoms with E-state index in [0.717, 1.165) is 6.26 Å². The zero-order valence-electron chi connectivity index (χ0n) is 7.11. The van der Waals surface area contributed by atoms with Crippen LogP contribution in [0.3, 0.4) is 0 Å². The average Bonchev–Trinajstić information content (AvgIpc) is 2.33. The van der Waals surface area contributed by atoms with Crippen LogP contribution < -0.4 is 5.32 Å². The summed E-state index contributed by atoms with van der Waals surface area (Å²) in [6, 6.07) is 0. The summed E-state index contributed by atoms with van der Waals surface area (Å²) in [6.07, 6.45) is 1.58. The SMILES string of the molecule is CS(=O)(=O)O[C@@]1(C(=O)O)CCCN1. The van der Waals surface area contributed by atoms with Crippen LogP contribution in [0.25, 0.3) is 0 Å². The smallest absolute Gasteiger partial charge is 0.352 e. The van der Waals surface area contributed by atoms with Crippen LogP contribution in [0.4, 0.5) is 0 Å². The van der Waals surface area contributed by atoms with Crippen molar-refractivity contribution in [2.45, 2.75) is 18.6 Å². The second-order valence-corrected chi connectivity index (χ2v) is 4.52. The van der Waals surface area contributed by atoms with Crippen LogP contribution in [0.15, 0.2) is 0 Å². The Morgan fingerprint density at radius 3 is 2.54 bits per heavy atom. The number of rotatable bonds is 3. The van der Waals surface area contributed by atoms with Crippen LogP contribution >= 0.6 is 0 Å². The Hall–Kier alpha value is -0.660. The van der Waals surface area contributed by atoms with E-state index in [1.54, 1.807) is 0 Å². The molecule has 0 saturated carbocycles. The molecule has 0 aromatic rings. The van der Waals surface area contributed by atoms with E-state index in [2.05, 4.69) is 9.50 Å². The third-order valence-corrected chi connectivity index (χ3v) is 2.34. The largest absolute Gasteiger partial charge is 0.478 e. The maximum atomic E-state index is 10.8. The molecule has 1 fully saturated rings. The van der Waals surface area contributed by atoms with Crippen molar-refractivity contribution in [1.29, 1.82) is 0 Å². The molecule has 0 spiro atoms. The maximum absolute atomic E-state index is 10.8. The van der Waals surface area contributed by atoms with Gasteiger partial charge in [0.15, 0.2) is 0 Å². The molecule has 1 atom stereocenters. The van der Waals surface area contributed by atoms with Gasteiger partial charge in [-0.1, -0.05) is 0 Å². The summed E-state index contributed by atoms with van der Waals surface area (Å²) in [5.41, 5.74) is -1.74.